The Morgan fingerprint density at radius 1 is 1.08 bits per heavy atom. The lowest BCUT2D eigenvalue weighted by molar-refractivity contribution is 0.0731. The zero-order chi connectivity index (χ0) is 17.3. The zero-order valence-electron chi connectivity index (χ0n) is 14.1. The molecule has 0 aliphatic rings. The highest BCUT2D eigenvalue weighted by atomic mass is 16.5. The van der Waals surface area contributed by atoms with Gasteiger partial charge < -0.3 is 14.0 Å². The summed E-state index contributed by atoms with van der Waals surface area (Å²) < 4.78 is 16.0. The number of methoxy groups -OCH3 is 1. The number of benzene rings is 2. The van der Waals surface area contributed by atoms with Crippen LogP contribution in [0, 0.1) is 6.92 Å². The maximum absolute atomic E-state index is 12.5. The molecule has 2 aromatic carbocycles. The molecule has 0 aliphatic heterocycles. The van der Waals surface area contributed by atoms with Crippen molar-refractivity contribution in [1.29, 1.82) is 0 Å². The minimum absolute atomic E-state index is 0.0506. The number of carbonyl (C=O) groups is 1. The Morgan fingerprint density at radius 2 is 1.75 bits per heavy atom. The molecule has 1 heterocycles. The highest BCUT2D eigenvalue weighted by molar-refractivity contribution is 5.94. The molecule has 0 N–H and O–H groups in total. The van der Waals surface area contributed by atoms with Crippen LogP contribution in [0.3, 0.4) is 0 Å². The summed E-state index contributed by atoms with van der Waals surface area (Å²) in [5.74, 6) is 1.35. The number of nitrogens with zero attached hydrogens (tertiary/aromatic N) is 1. The number of hydrogen-bond acceptors (Lipinski definition) is 5. The molecule has 24 heavy (non-hydrogen) atoms. The molecule has 0 saturated heterocycles. The van der Waals surface area contributed by atoms with Crippen molar-refractivity contribution < 1.29 is 18.8 Å². The monoisotopic (exact) mass is 325 g/mol. The first kappa shape index (κ1) is 16.1. The van der Waals surface area contributed by atoms with Crippen LogP contribution in [0.5, 0.6) is 11.5 Å². The molecule has 0 atom stereocenters. The average Bonchev–Trinajstić information content (AvgIpc) is 2.96. The highest BCUT2D eigenvalue weighted by Gasteiger charge is 2.24. The fourth-order valence-corrected chi connectivity index (χ4v) is 2.58. The lowest BCUT2D eigenvalue weighted by atomic mass is 10.1. The van der Waals surface area contributed by atoms with Crippen LogP contribution in [0.4, 0.5) is 0 Å². The van der Waals surface area contributed by atoms with Crippen molar-refractivity contribution in [1.82, 2.24) is 5.16 Å². The lowest BCUT2D eigenvalue weighted by Crippen LogP contribution is -2.12. The molecule has 0 amide bonds. The van der Waals surface area contributed by atoms with Gasteiger partial charge >= 0.3 is 5.97 Å². The van der Waals surface area contributed by atoms with Gasteiger partial charge in [0.25, 0.3) is 0 Å². The SMILES string of the molecule is COc1ccc2ccc(OC(=O)c3c(C)noc3C(C)C)cc2c1. The third-order valence-electron chi connectivity index (χ3n) is 3.85. The van der Waals surface area contributed by atoms with Crippen molar-refractivity contribution >= 4 is 16.7 Å². The molecule has 3 rings (SSSR count). The van der Waals surface area contributed by atoms with Crippen LogP contribution in [0.1, 0.15) is 41.6 Å². The van der Waals surface area contributed by atoms with E-state index in [-0.39, 0.29) is 5.92 Å². The van der Waals surface area contributed by atoms with Gasteiger partial charge in [0, 0.05) is 5.92 Å². The van der Waals surface area contributed by atoms with Crippen LogP contribution in [0.15, 0.2) is 40.9 Å². The summed E-state index contributed by atoms with van der Waals surface area (Å²) >= 11 is 0. The van der Waals surface area contributed by atoms with E-state index in [9.17, 15) is 4.79 Å². The molecule has 0 unspecified atom stereocenters. The van der Waals surface area contributed by atoms with E-state index in [1.54, 1.807) is 20.1 Å². The number of esters is 1. The van der Waals surface area contributed by atoms with Crippen LogP contribution >= 0.6 is 0 Å². The van der Waals surface area contributed by atoms with Crippen molar-refractivity contribution in [2.45, 2.75) is 26.7 Å². The third kappa shape index (κ3) is 2.97. The molecular weight excluding hydrogens is 306 g/mol. The Hall–Kier alpha value is -2.82. The average molecular weight is 325 g/mol. The molecule has 3 aromatic rings. The molecule has 1 aromatic heterocycles. The maximum Gasteiger partial charge on any atom is 0.349 e. The summed E-state index contributed by atoms with van der Waals surface area (Å²) in [5, 5.41) is 5.86. The van der Waals surface area contributed by atoms with E-state index in [1.165, 1.54) is 0 Å². The second-order valence-electron chi connectivity index (χ2n) is 5.93. The molecule has 5 nitrogen and oxygen atoms in total. The van der Waals surface area contributed by atoms with E-state index in [4.69, 9.17) is 14.0 Å². The van der Waals surface area contributed by atoms with Gasteiger partial charge in [0.1, 0.15) is 17.1 Å². The number of hydrogen-bond donors (Lipinski definition) is 0. The first-order chi connectivity index (χ1) is 11.5. The predicted molar refractivity (Wildman–Crippen MR) is 90.8 cm³/mol. The number of ether oxygens (including phenoxy) is 2. The van der Waals surface area contributed by atoms with Gasteiger partial charge in [0.15, 0.2) is 5.76 Å². The van der Waals surface area contributed by atoms with Crippen molar-refractivity contribution in [3.63, 3.8) is 0 Å². The third-order valence-corrected chi connectivity index (χ3v) is 3.85. The van der Waals surface area contributed by atoms with E-state index in [0.717, 1.165) is 16.5 Å². The van der Waals surface area contributed by atoms with Crippen LogP contribution in [0.25, 0.3) is 10.8 Å². The Morgan fingerprint density at radius 3 is 2.42 bits per heavy atom. The number of aryl methyl sites for hydroxylation is 1. The molecule has 124 valence electrons. The second kappa shape index (κ2) is 6.35. The zero-order valence-corrected chi connectivity index (χ0v) is 14.1. The van der Waals surface area contributed by atoms with E-state index in [2.05, 4.69) is 5.16 Å². The summed E-state index contributed by atoms with van der Waals surface area (Å²) in [6.45, 7) is 5.62. The summed E-state index contributed by atoms with van der Waals surface area (Å²) in [5.41, 5.74) is 0.932. The number of fused-ring (bicyclic) bond motifs is 1. The Labute approximate surface area is 140 Å². The molecule has 0 fully saturated rings. The normalized spacial score (nSPS) is 11.0. The molecule has 0 saturated carbocycles. The van der Waals surface area contributed by atoms with Crippen LogP contribution in [-0.4, -0.2) is 18.2 Å². The maximum atomic E-state index is 12.5. The van der Waals surface area contributed by atoms with E-state index >= 15 is 0 Å². The topological polar surface area (TPSA) is 61.6 Å². The van der Waals surface area contributed by atoms with E-state index < -0.39 is 5.97 Å². The molecular formula is C19H19NO4. The Balaban J connectivity index is 1.92. The highest BCUT2D eigenvalue weighted by Crippen LogP contribution is 2.27. The predicted octanol–water partition coefficient (Wildman–Crippen LogP) is 4.49. The molecule has 0 bridgehead atoms. The van der Waals surface area contributed by atoms with Crippen molar-refractivity contribution in [3.05, 3.63) is 53.4 Å². The van der Waals surface area contributed by atoms with Crippen molar-refractivity contribution in [2.24, 2.45) is 0 Å². The minimum atomic E-state index is -0.459. The Bertz CT molecular complexity index is 896. The van der Waals surface area contributed by atoms with Crippen LogP contribution < -0.4 is 9.47 Å². The van der Waals surface area contributed by atoms with Gasteiger partial charge in [-0.1, -0.05) is 31.1 Å². The largest absolute Gasteiger partial charge is 0.497 e. The standard InChI is InChI=1S/C19H19NO4/c1-11(2)18-17(12(3)20-24-18)19(21)23-16-8-6-13-5-7-15(22-4)9-14(13)10-16/h5-11H,1-4H3. The van der Waals surface area contributed by atoms with Gasteiger partial charge in [-0.3, -0.25) is 0 Å². The van der Waals surface area contributed by atoms with Crippen LogP contribution in [0.2, 0.25) is 0 Å². The summed E-state index contributed by atoms with van der Waals surface area (Å²) in [7, 11) is 1.62. The quantitative estimate of drug-likeness (QED) is 0.522. The van der Waals surface area contributed by atoms with Gasteiger partial charge in [-0.25, -0.2) is 4.79 Å². The fourth-order valence-electron chi connectivity index (χ4n) is 2.58. The minimum Gasteiger partial charge on any atom is -0.497 e. The smallest absolute Gasteiger partial charge is 0.349 e. The summed E-state index contributed by atoms with van der Waals surface area (Å²) in [6, 6.07) is 11.2. The summed E-state index contributed by atoms with van der Waals surface area (Å²) in [4.78, 5) is 12.5. The first-order valence-electron chi connectivity index (χ1n) is 7.75. The summed E-state index contributed by atoms with van der Waals surface area (Å²) in [6.07, 6.45) is 0. The molecule has 5 heteroatoms. The van der Waals surface area contributed by atoms with Crippen LogP contribution in [-0.2, 0) is 0 Å². The number of rotatable bonds is 4. The number of carbonyl (C=O) groups excluding carboxylic acids is 1. The van der Waals surface area contributed by atoms with Crippen molar-refractivity contribution in [2.75, 3.05) is 7.11 Å². The second-order valence-corrected chi connectivity index (χ2v) is 5.93. The van der Waals surface area contributed by atoms with Gasteiger partial charge in [-0.05, 0) is 42.0 Å². The van der Waals surface area contributed by atoms with Gasteiger partial charge in [0.05, 0.1) is 12.8 Å². The van der Waals surface area contributed by atoms with Crippen molar-refractivity contribution in [3.8, 4) is 11.5 Å². The molecule has 0 aliphatic carbocycles. The first-order valence-corrected chi connectivity index (χ1v) is 7.75. The van der Waals surface area contributed by atoms with E-state index in [1.807, 2.05) is 44.2 Å². The van der Waals surface area contributed by atoms with Gasteiger partial charge in [-0.2, -0.15) is 0 Å². The van der Waals surface area contributed by atoms with E-state index in [0.29, 0.717) is 22.8 Å². The van der Waals surface area contributed by atoms with Gasteiger partial charge in [-0.15, -0.1) is 0 Å². The molecule has 0 spiro atoms. The lowest BCUT2D eigenvalue weighted by Gasteiger charge is -2.08. The fraction of sp³-hybridized carbons (Fsp3) is 0.263. The molecule has 0 radical (unpaired) electrons. The number of aromatic nitrogens is 1. The van der Waals surface area contributed by atoms with Gasteiger partial charge in [0.2, 0.25) is 0 Å². The Kier molecular flexibility index (Phi) is 4.25.